The predicted molar refractivity (Wildman–Crippen MR) is 233 cm³/mol. The third kappa shape index (κ3) is 38.5. The fraction of sp³-hybridized carbons (Fsp3) is 0.848. The molecule has 1 atom stereocenters. The molecule has 0 aliphatic rings. The van der Waals surface area contributed by atoms with Crippen molar-refractivity contribution in [2.75, 3.05) is 38.5 Å². The molecule has 0 spiro atoms. The molecule has 0 bridgehead atoms. The highest BCUT2D eigenvalue weighted by molar-refractivity contribution is 8.13. The number of hydrogen-bond acceptors (Lipinski definition) is 7. The van der Waals surface area contributed by atoms with E-state index in [4.69, 9.17) is 9.47 Å². The van der Waals surface area contributed by atoms with Gasteiger partial charge in [0.15, 0.2) is 6.10 Å². The number of hydrogen-bond donors (Lipinski definition) is 1. The monoisotopic (exact) mass is 779 g/mol. The zero-order valence-electron chi connectivity index (χ0n) is 35.8. The lowest BCUT2D eigenvalue weighted by molar-refractivity contribution is -0.158. The Morgan fingerprint density at radius 3 is 1.41 bits per heavy atom. The van der Waals surface area contributed by atoms with Crippen molar-refractivity contribution in [1.29, 1.82) is 0 Å². The Balaban J connectivity index is 4.31. The zero-order chi connectivity index (χ0) is 39.6. The second kappa shape index (κ2) is 42.3. The van der Waals surface area contributed by atoms with Crippen LogP contribution in [0.1, 0.15) is 207 Å². The molecule has 0 aromatic heterocycles. The third-order valence-corrected chi connectivity index (χ3v) is 10.8. The summed E-state index contributed by atoms with van der Waals surface area (Å²) in [5.74, 6) is 0.124. The summed E-state index contributed by atoms with van der Waals surface area (Å²) < 4.78 is 11.2. The van der Waals surface area contributed by atoms with E-state index in [1.54, 1.807) is 0 Å². The van der Waals surface area contributed by atoms with Crippen molar-refractivity contribution in [3.8, 4) is 0 Å². The summed E-state index contributed by atoms with van der Waals surface area (Å²) in [6.07, 6.45) is 40.7. The van der Waals surface area contributed by atoms with Crippen molar-refractivity contribution >= 4 is 28.9 Å². The summed E-state index contributed by atoms with van der Waals surface area (Å²) in [4.78, 5) is 40.0. The van der Waals surface area contributed by atoms with Crippen molar-refractivity contribution in [2.24, 2.45) is 0 Å². The van der Waals surface area contributed by atoms with Crippen LogP contribution in [-0.4, -0.2) is 66.7 Å². The van der Waals surface area contributed by atoms with Crippen LogP contribution in [0.3, 0.4) is 0 Å². The Kier molecular flexibility index (Phi) is 40.9. The van der Waals surface area contributed by atoms with Crippen LogP contribution in [0.15, 0.2) is 24.3 Å². The molecule has 0 heterocycles. The van der Waals surface area contributed by atoms with Crippen molar-refractivity contribution in [1.82, 2.24) is 10.2 Å². The molecule has 0 radical (unpaired) electrons. The van der Waals surface area contributed by atoms with Gasteiger partial charge >= 0.3 is 11.9 Å². The van der Waals surface area contributed by atoms with Gasteiger partial charge in [0.1, 0.15) is 6.61 Å². The van der Waals surface area contributed by atoms with Gasteiger partial charge in [0.25, 0.3) is 5.24 Å². The summed E-state index contributed by atoms with van der Waals surface area (Å²) >= 11 is 1.23. The predicted octanol–water partition coefficient (Wildman–Crippen LogP) is 13.3. The van der Waals surface area contributed by atoms with E-state index >= 15 is 0 Å². The van der Waals surface area contributed by atoms with Gasteiger partial charge in [-0.2, -0.15) is 0 Å². The molecule has 316 valence electrons. The number of nitrogens with zero attached hydrogens (tertiary/aromatic N) is 1. The molecule has 0 aliphatic carbocycles. The van der Waals surface area contributed by atoms with E-state index in [1.807, 2.05) is 0 Å². The Morgan fingerprint density at radius 2 is 0.963 bits per heavy atom. The number of unbranched alkanes of at least 4 members (excludes halogenated alkanes) is 22. The van der Waals surface area contributed by atoms with Gasteiger partial charge in [-0.25, -0.2) is 0 Å². The highest BCUT2D eigenvalue weighted by Crippen LogP contribution is 2.13. The van der Waals surface area contributed by atoms with Crippen LogP contribution in [0.25, 0.3) is 0 Å². The number of allylic oxidation sites excluding steroid dienone is 4. The first-order chi connectivity index (χ1) is 26.5. The summed E-state index contributed by atoms with van der Waals surface area (Å²) in [5, 5.41) is 2.72. The quantitative estimate of drug-likeness (QED) is 0.0377. The van der Waals surface area contributed by atoms with Crippen molar-refractivity contribution in [3.63, 3.8) is 0 Å². The first-order valence-corrected chi connectivity index (χ1v) is 23.7. The lowest BCUT2D eigenvalue weighted by Gasteiger charge is -2.19. The molecule has 0 aromatic carbocycles. The number of amides is 1. The van der Waals surface area contributed by atoms with E-state index < -0.39 is 6.10 Å². The molecule has 1 N–H and O–H groups in total. The van der Waals surface area contributed by atoms with Crippen molar-refractivity contribution in [2.45, 2.75) is 214 Å². The average molecular weight is 779 g/mol. The maximum Gasteiger partial charge on any atom is 0.306 e. The third-order valence-electron chi connectivity index (χ3n) is 10.0. The van der Waals surface area contributed by atoms with Gasteiger partial charge in [0.2, 0.25) is 0 Å². The number of thioether (sulfide) groups is 1. The van der Waals surface area contributed by atoms with Crippen LogP contribution >= 0.6 is 11.8 Å². The SMILES string of the molecule is CCCCCCCC/C=C\CCCCCCCC(=O)OCC(CNC(=O)SCCN(CC)CC)OC(=O)CCCCCCC/C=C\CCCCCCCC. The Hall–Kier alpha value is -1.80. The molecule has 0 aliphatic heterocycles. The minimum Gasteiger partial charge on any atom is -0.462 e. The lowest BCUT2D eigenvalue weighted by atomic mass is 10.1. The van der Waals surface area contributed by atoms with Crippen LogP contribution in [0, 0.1) is 0 Å². The normalized spacial score (nSPS) is 12.2. The number of nitrogens with one attached hydrogen (secondary N) is 1. The second-order valence-corrected chi connectivity index (χ2v) is 16.1. The summed E-state index contributed by atoms with van der Waals surface area (Å²) in [5.41, 5.74) is 0. The van der Waals surface area contributed by atoms with Crippen LogP contribution in [0.4, 0.5) is 4.79 Å². The number of carbonyl (C=O) groups is 3. The van der Waals surface area contributed by atoms with E-state index in [-0.39, 0.29) is 30.3 Å². The van der Waals surface area contributed by atoms with Gasteiger partial charge in [-0.3, -0.25) is 14.4 Å². The van der Waals surface area contributed by atoms with Gasteiger partial charge in [0.05, 0.1) is 6.54 Å². The Morgan fingerprint density at radius 1 is 0.556 bits per heavy atom. The summed E-state index contributed by atoms with van der Waals surface area (Å²) in [6, 6.07) is 0. The van der Waals surface area contributed by atoms with Crippen molar-refractivity contribution < 1.29 is 23.9 Å². The number of rotatable bonds is 40. The van der Waals surface area contributed by atoms with Gasteiger partial charge < -0.3 is 19.7 Å². The standard InChI is InChI=1S/C46H86N2O5S/c1-5-9-11-13-15-17-19-21-23-25-27-29-31-33-35-37-44(49)52-42-43(41-47-46(51)54-40-39-48(7-3)8-4)53-45(50)38-36-34-32-30-28-26-24-22-20-18-16-14-12-10-6-2/h21-24,43H,5-20,25-42H2,1-4H3,(H,47,51)/b23-21-,24-22-. The van der Waals surface area contributed by atoms with Crippen LogP contribution in [-0.2, 0) is 19.1 Å². The molecule has 1 unspecified atom stereocenters. The van der Waals surface area contributed by atoms with Crippen LogP contribution in [0.5, 0.6) is 0 Å². The van der Waals surface area contributed by atoms with Crippen LogP contribution in [0.2, 0.25) is 0 Å². The van der Waals surface area contributed by atoms with Crippen LogP contribution < -0.4 is 5.32 Å². The highest BCUT2D eigenvalue weighted by Gasteiger charge is 2.18. The molecule has 0 saturated heterocycles. The number of esters is 2. The Bertz CT molecular complexity index is 908. The van der Waals surface area contributed by atoms with Gasteiger partial charge in [0, 0.05) is 25.1 Å². The fourth-order valence-electron chi connectivity index (χ4n) is 6.37. The van der Waals surface area contributed by atoms with E-state index in [0.717, 1.165) is 71.0 Å². The topological polar surface area (TPSA) is 84.9 Å². The first-order valence-electron chi connectivity index (χ1n) is 22.7. The van der Waals surface area contributed by atoms with E-state index in [0.29, 0.717) is 18.6 Å². The van der Waals surface area contributed by atoms with Gasteiger partial charge in [-0.05, 0) is 77.3 Å². The molecule has 8 heteroatoms. The van der Waals surface area contributed by atoms with E-state index in [1.165, 1.54) is 127 Å². The molecular formula is C46H86N2O5S. The molecule has 0 saturated carbocycles. The molecular weight excluding hydrogens is 693 g/mol. The van der Waals surface area contributed by atoms with Gasteiger partial charge in [-0.15, -0.1) is 0 Å². The second-order valence-electron chi connectivity index (χ2n) is 15.0. The summed E-state index contributed by atoms with van der Waals surface area (Å²) in [7, 11) is 0. The van der Waals surface area contributed by atoms with E-state index in [9.17, 15) is 14.4 Å². The molecule has 0 aromatic rings. The maximum atomic E-state index is 12.7. The first kappa shape index (κ1) is 52.2. The minimum absolute atomic E-state index is 0.0353. The maximum absolute atomic E-state index is 12.7. The van der Waals surface area contributed by atoms with Gasteiger partial charge in [-0.1, -0.05) is 166 Å². The molecule has 0 rings (SSSR count). The molecule has 0 fully saturated rings. The average Bonchev–Trinajstić information content (AvgIpc) is 3.17. The number of ether oxygens (including phenoxy) is 2. The minimum atomic E-state index is -0.689. The molecule has 54 heavy (non-hydrogen) atoms. The zero-order valence-corrected chi connectivity index (χ0v) is 36.6. The highest BCUT2D eigenvalue weighted by atomic mass is 32.2. The molecule has 7 nitrogen and oxygen atoms in total. The number of carbonyl (C=O) groups excluding carboxylic acids is 3. The summed E-state index contributed by atoms with van der Waals surface area (Å²) in [6.45, 7) is 11.6. The Labute approximate surface area is 338 Å². The van der Waals surface area contributed by atoms with Crippen molar-refractivity contribution in [3.05, 3.63) is 24.3 Å². The lowest BCUT2D eigenvalue weighted by Crippen LogP contribution is -2.37. The van der Waals surface area contributed by atoms with E-state index in [2.05, 4.69) is 62.2 Å². The largest absolute Gasteiger partial charge is 0.462 e. The fourth-order valence-corrected chi connectivity index (χ4v) is 7.09. The molecule has 1 amide bonds. The smallest absolute Gasteiger partial charge is 0.306 e.